The molecule has 1 aliphatic heterocycles. The van der Waals surface area contributed by atoms with E-state index in [1.54, 1.807) is 0 Å². The maximum absolute atomic E-state index is 5.59. The third-order valence-corrected chi connectivity index (χ3v) is 2.09. The molecule has 0 atom stereocenters. The van der Waals surface area contributed by atoms with Crippen LogP contribution in [0.25, 0.3) is 0 Å². The molecule has 0 unspecified atom stereocenters. The molecule has 2 nitrogen and oxygen atoms in total. The zero-order valence-corrected chi connectivity index (χ0v) is 9.36. The Balaban J connectivity index is 2.05. The van der Waals surface area contributed by atoms with E-state index in [1.807, 2.05) is 30.2 Å². The first-order valence-electron chi connectivity index (χ1n) is 5.16. The normalized spacial score (nSPS) is 15.0. The van der Waals surface area contributed by atoms with E-state index in [1.165, 1.54) is 0 Å². The third-order valence-electron chi connectivity index (χ3n) is 2.09. The van der Waals surface area contributed by atoms with Crippen LogP contribution in [0, 0.1) is 5.41 Å². The minimum atomic E-state index is -0.276. The molecule has 0 fully saturated rings. The lowest BCUT2D eigenvalue weighted by molar-refractivity contribution is 0.509. The van der Waals surface area contributed by atoms with Crippen molar-refractivity contribution in [2.24, 2.45) is 5.41 Å². The van der Waals surface area contributed by atoms with Gasteiger partial charge in [-0.2, -0.15) is 0 Å². The van der Waals surface area contributed by atoms with Crippen LogP contribution >= 0.6 is 0 Å². The Kier molecular flexibility index (Phi) is 2.47. The summed E-state index contributed by atoms with van der Waals surface area (Å²) in [6.45, 7) is 6.43. The van der Waals surface area contributed by atoms with Gasteiger partial charge in [0.1, 0.15) is 11.5 Å². The molecule has 1 aromatic carbocycles. The standard InChI is InChI=1S/C12H15BO2/c1-12(2,3)8-9-13-14-10-6-4-5-7-11(10)15-13/h4-9H,1-3H3. The van der Waals surface area contributed by atoms with Crippen LogP contribution in [-0.4, -0.2) is 7.12 Å². The summed E-state index contributed by atoms with van der Waals surface area (Å²) in [7, 11) is -0.276. The summed E-state index contributed by atoms with van der Waals surface area (Å²) in [6, 6.07) is 7.72. The SMILES string of the molecule is CC(C)(C)C=CB1Oc2ccccc2O1. The molecule has 78 valence electrons. The van der Waals surface area contributed by atoms with Crippen LogP contribution in [0.3, 0.4) is 0 Å². The second-order valence-corrected chi connectivity index (χ2v) is 4.78. The van der Waals surface area contributed by atoms with Gasteiger partial charge >= 0.3 is 7.12 Å². The lowest BCUT2D eigenvalue weighted by Crippen LogP contribution is -2.22. The first-order valence-corrected chi connectivity index (χ1v) is 5.16. The molecule has 1 aliphatic rings. The molecule has 2 rings (SSSR count). The predicted molar refractivity (Wildman–Crippen MR) is 62.0 cm³/mol. The van der Waals surface area contributed by atoms with Crippen LogP contribution in [-0.2, 0) is 0 Å². The van der Waals surface area contributed by atoms with Crippen molar-refractivity contribution in [3.63, 3.8) is 0 Å². The number of benzene rings is 1. The van der Waals surface area contributed by atoms with Crippen LogP contribution in [0.15, 0.2) is 36.3 Å². The number of hydrogen-bond acceptors (Lipinski definition) is 2. The van der Waals surface area contributed by atoms with Gasteiger partial charge in [-0.3, -0.25) is 0 Å². The van der Waals surface area contributed by atoms with Crippen LogP contribution in [0.4, 0.5) is 0 Å². The molecule has 0 aromatic heterocycles. The Hall–Kier alpha value is -1.38. The molecule has 0 spiro atoms. The van der Waals surface area contributed by atoms with Crippen molar-refractivity contribution >= 4 is 7.12 Å². The highest BCUT2D eigenvalue weighted by Gasteiger charge is 2.29. The minimum absolute atomic E-state index is 0.154. The molecule has 1 aromatic rings. The summed E-state index contributed by atoms with van der Waals surface area (Å²) < 4.78 is 11.2. The zero-order chi connectivity index (χ0) is 10.9. The van der Waals surface area contributed by atoms with E-state index >= 15 is 0 Å². The second kappa shape index (κ2) is 3.65. The first-order chi connectivity index (χ1) is 7.04. The highest BCUT2D eigenvalue weighted by atomic mass is 16.6. The summed E-state index contributed by atoms with van der Waals surface area (Å²) in [5.41, 5.74) is 0.154. The largest absolute Gasteiger partial charge is 0.624 e. The second-order valence-electron chi connectivity index (χ2n) is 4.78. The van der Waals surface area contributed by atoms with Crippen molar-refractivity contribution < 1.29 is 9.31 Å². The van der Waals surface area contributed by atoms with Crippen molar-refractivity contribution in [3.8, 4) is 11.5 Å². The van der Waals surface area contributed by atoms with Gasteiger partial charge in [0, 0.05) is 0 Å². The maximum Gasteiger partial charge on any atom is 0.624 e. The Morgan fingerprint density at radius 2 is 1.60 bits per heavy atom. The molecule has 0 saturated heterocycles. The van der Waals surface area contributed by atoms with Gasteiger partial charge in [0.25, 0.3) is 0 Å². The average molecular weight is 202 g/mol. The van der Waals surface area contributed by atoms with Crippen LogP contribution in [0.2, 0.25) is 0 Å². The van der Waals surface area contributed by atoms with E-state index in [-0.39, 0.29) is 12.5 Å². The topological polar surface area (TPSA) is 18.5 Å². The smallest absolute Gasteiger partial charge is 0.520 e. The third kappa shape index (κ3) is 2.55. The minimum Gasteiger partial charge on any atom is -0.520 e. The van der Waals surface area contributed by atoms with Crippen LogP contribution in [0.1, 0.15) is 20.8 Å². The van der Waals surface area contributed by atoms with Gasteiger partial charge < -0.3 is 9.31 Å². The molecule has 0 saturated carbocycles. The van der Waals surface area contributed by atoms with Crippen molar-refractivity contribution in [1.82, 2.24) is 0 Å². The van der Waals surface area contributed by atoms with E-state index in [4.69, 9.17) is 9.31 Å². The number of fused-ring (bicyclic) bond motifs is 1. The van der Waals surface area contributed by atoms with E-state index in [9.17, 15) is 0 Å². The average Bonchev–Trinajstić information content (AvgIpc) is 2.56. The van der Waals surface area contributed by atoms with E-state index in [0.717, 1.165) is 11.5 Å². The quantitative estimate of drug-likeness (QED) is 0.651. The Morgan fingerprint density at radius 3 is 2.07 bits per heavy atom. The molecule has 0 N–H and O–H groups in total. The number of para-hydroxylation sites is 2. The Bertz CT molecular complexity index is 354. The highest BCUT2D eigenvalue weighted by Crippen LogP contribution is 2.33. The Morgan fingerprint density at radius 1 is 1.07 bits per heavy atom. The van der Waals surface area contributed by atoms with Crippen molar-refractivity contribution in [1.29, 1.82) is 0 Å². The molecule has 0 radical (unpaired) electrons. The fourth-order valence-corrected chi connectivity index (χ4v) is 1.37. The monoisotopic (exact) mass is 202 g/mol. The maximum atomic E-state index is 5.59. The molecule has 0 bridgehead atoms. The highest BCUT2D eigenvalue weighted by molar-refractivity contribution is 6.53. The fraction of sp³-hybridized carbons (Fsp3) is 0.333. The van der Waals surface area contributed by atoms with Crippen molar-refractivity contribution in [2.45, 2.75) is 20.8 Å². The number of allylic oxidation sites excluding steroid dienone is 1. The van der Waals surface area contributed by atoms with Gasteiger partial charge in [-0.05, 0) is 23.5 Å². The molecular formula is C12H15BO2. The number of rotatable bonds is 1. The van der Waals surface area contributed by atoms with Crippen molar-refractivity contribution in [3.05, 3.63) is 36.3 Å². The molecule has 3 heteroatoms. The molecular weight excluding hydrogens is 187 g/mol. The fourth-order valence-electron chi connectivity index (χ4n) is 1.37. The van der Waals surface area contributed by atoms with E-state index in [2.05, 4.69) is 26.8 Å². The van der Waals surface area contributed by atoms with Gasteiger partial charge in [-0.15, -0.1) is 0 Å². The van der Waals surface area contributed by atoms with Crippen LogP contribution in [0.5, 0.6) is 11.5 Å². The first kappa shape index (κ1) is 10.2. The van der Waals surface area contributed by atoms with Gasteiger partial charge in [0.05, 0.1) is 0 Å². The van der Waals surface area contributed by atoms with E-state index in [0.29, 0.717) is 0 Å². The summed E-state index contributed by atoms with van der Waals surface area (Å²) in [5.74, 6) is 3.60. The van der Waals surface area contributed by atoms with Gasteiger partial charge in [-0.1, -0.05) is 39.0 Å². The lowest BCUT2D eigenvalue weighted by Gasteiger charge is -2.11. The number of hydrogen-bond donors (Lipinski definition) is 0. The van der Waals surface area contributed by atoms with Crippen LogP contribution < -0.4 is 9.31 Å². The van der Waals surface area contributed by atoms with Crippen molar-refractivity contribution in [2.75, 3.05) is 0 Å². The molecule has 1 heterocycles. The zero-order valence-electron chi connectivity index (χ0n) is 9.36. The lowest BCUT2D eigenvalue weighted by atomic mass is 9.84. The molecule has 15 heavy (non-hydrogen) atoms. The molecule has 0 aliphatic carbocycles. The molecule has 0 amide bonds. The summed E-state index contributed by atoms with van der Waals surface area (Å²) >= 11 is 0. The summed E-state index contributed by atoms with van der Waals surface area (Å²) in [5, 5.41) is 0. The van der Waals surface area contributed by atoms with Gasteiger partial charge in [0.15, 0.2) is 0 Å². The van der Waals surface area contributed by atoms with E-state index < -0.39 is 0 Å². The van der Waals surface area contributed by atoms with Gasteiger partial charge in [-0.25, -0.2) is 0 Å². The summed E-state index contributed by atoms with van der Waals surface area (Å²) in [6.07, 6.45) is 2.10. The Labute approximate surface area is 91.0 Å². The summed E-state index contributed by atoms with van der Waals surface area (Å²) in [4.78, 5) is 0. The predicted octanol–water partition coefficient (Wildman–Crippen LogP) is 3.09. The van der Waals surface area contributed by atoms with Gasteiger partial charge in [0.2, 0.25) is 0 Å².